The summed E-state index contributed by atoms with van der Waals surface area (Å²) >= 11 is 5.56. The molecule has 0 saturated heterocycles. The van der Waals surface area contributed by atoms with Crippen LogP contribution >= 0.6 is 38.5 Å². The van der Waals surface area contributed by atoms with Crippen LogP contribution in [0.3, 0.4) is 0 Å². The highest BCUT2D eigenvalue weighted by molar-refractivity contribution is 14.1. The van der Waals surface area contributed by atoms with Crippen molar-refractivity contribution in [2.75, 3.05) is 7.11 Å². The van der Waals surface area contributed by atoms with Crippen LogP contribution in [0.2, 0.25) is 0 Å². The highest BCUT2D eigenvalue weighted by Crippen LogP contribution is 2.34. The Labute approximate surface area is 212 Å². The Morgan fingerprint density at radius 2 is 1.94 bits per heavy atom. The number of para-hydroxylation sites is 1. The van der Waals surface area contributed by atoms with Crippen LogP contribution in [-0.2, 0) is 17.8 Å². The van der Waals surface area contributed by atoms with Gasteiger partial charge in [-0.25, -0.2) is 5.43 Å². The molecule has 0 aliphatic carbocycles. The summed E-state index contributed by atoms with van der Waals surface area (Å²) in [5.41, 5.74) is 4.32. The fraction of sp³-hybridized carbons (Fsp3) is 0.130. The van der Waals surface area contributed by atoms with Crippen LogP contribution in [0.4, 0.5) is 5.69 Å². The van der Waals surface area contributed by atoms with Crippen molar-refractivity contribution in [2.24, 2.45) is 5.10 Å². The van der Waals surface area contributed by atoms with E-state index in [2.05, 4.69) is 49.0 Å². The van der Waals surface area contributed by atoms with Crippen LogP contribution in [0.25, 0.3) is 0 Å². The smallest absolute Gasteiger partial charge is 0.273 e. The first-order valence-electron chi connectivity index (χ1n) is 9.66. The monoisotopic (exact) mass is 623 g/mol. The Morgan fingerprint density at radius 1 is 1.21 bits per heavy atom. The predicted octanol–water partition coefficient (Wildman–Crippen LogP) is 5.24. The second kappa shape index (κ2) is 11.8. The molecule has 0 spiro atoms. The molecule has 3 rings (SSSR count). The van der Waals surface area contributed by atoms with Crippen LogP contribution in [-0.4, -0.2) is 24.2 Å². The van der Waals surface area contributed by atoms with Gasteiger partial charge >= 0.3 is 0 Å². The van der Waals surface area contributed by atoms with Crippen molar-refractivity contribution in [3.63, 3.8) is 0 Å². The third-order valence-corrected chi connectivity index (χ3v) is 5.82. The van der Waals surface area contributed by atoms with Crippen LogP contribution in [0.1, 0.15) is 16.7 Å². The first kappa shape index (κ1) is 24.6. The number of amides is 1. The molecule has 0 aromatic heterocycles. The molecule has 0 bridgehead atoms. The number of nitro benzene ring substituents is 1. The molecule has 1 amide bonds. The molecular weight excluding hydrogens is 605 g/mol. The van der Waals surface area contributed by atoms with E-state index in [0.717, 1.165) is 13.6 Å². The van der Waals surface area contributed by atoms with Crippen molar-refractivity contribution in [1.29, 1.82) is 0 Å². The minimum atomic E-state index is -0.513. The third kappa shape index (κ3) is 6.99. The second-order valence-corrected chi connectivity index (χ2v) is 8.88. The Balaban J connectivity index is 1.65. The number of nitrogens with one attached hydrogen (secondary N) is 1. The van der Waals surface area contributed by atoms with E-state index in [1.54, 1.807) is 31.4 Å². The molecule has 0 radical (unpaired) electrons. The van der Waals surface area contributed by atoms with E-state index in [1.807, 2.05) is 30.3 Å². The van der Waals surface area contributed by atoms with E-state index in [-0.39, 0.29) is 12.1 Å². The SMILES string of the molecule is COc1cc(/C=N/NC(=O)Cc2ccccc2[N+](=O)[O-])cc(I)c1OCc1ccc(Br)cc1. The van der Waals surface area contributed by atoms with Gasteiger partial charge in [-0.15, -0.1) is 0 Å². The number of carbonyl (C=O) groups excluding carboxylic acids is 1. The molecule has 8 nitrogen and oxygen atoms in total. The van der Waals surface area contributed by atoms with Gasteiger partial charge in [-0.1, -0.05) is 46.3 Å². The van der Waals surface area contributed by atoms with Crippen molar-refractivity contribution in [3.05, 3.63) is 95.5 Å². The summed E-state index contributed by atoms with van der Waals surface area (Å²) in [6.07, 6.45) is 1.32. The number of hydrazone groups is 1. The molecule has 0 fully saturated rings. The zero-order valence-electron chi connectivity index (χ0n) is 17.5. The lowest BCUT2D eigenvalue weighted by Gasteiger charge is -2.13. The van der Waals surface area contributed by atoms with Crippen LogP contribution in [0.5, 0.6) is 11.5 Å². The molecule has 33 heavy (non-hydrogen) atoms. The Hall–Kier alpha value is -2.99. The lowest BCUT2D eigenvalue weighted by Crippen LogP contribution is -2.20. The fourth-order valence-electron chi connectivity index (χ4n) is 2.92. The van der Waals surface area contributed by atoms with Crippen molar-refractivity contribution < 1.29 is 19.2 Å². The topological polar surface area (TPSA) is 103 Å². The second-order valence-electron chi connectivity index (χ2n) is 6.81. The Kier molecular flexibility index (Phi) is 8.78. The number of hydrogen-bond acceptors (Lipinski definition) is 6. The highest BCUT2D eigenvalue weighted by atomic mass is 127. The zero-order valence-corrected chi connectivity index (χ0v) is 21.2. The van der Waals surface area contributed by atoms with E-state index >= 15 is 0 Å². The van der Waals surface area contributed by atoms with Crippen LogP contribution in [0, 0.1) is 13.7 Å². The van der Waals surface area contributed by atoms with E-state index in [4.69, 9.17) is 9.47 Å². The summed E-state index contributed by atoms with van der Waals surface area (Å²) in [6, 6.07) is 17.5. The molecule has 0 saturated carbocycles. The zero-order chi connectivity index (χ0) is 23.8. The van der Waals surface area contributed by atoms with Gasteiger partial charge < -0.3 is 9.47 Å². The number of benzene rings is 3. The van der Waals surface area contributed by atoms with Gasteiger partial charge in [0.25, 0.3) is 5.69 Å². The van der Waals surface area contributed by atoms with E-state index < -0.39 is 10.8 Å². The molecule has 10 heteroatoms. The largest absolute Gasteiger partial charge is 0.493 e. The minimum absolute atomic E-state index is 0.102. The number of halogens is 2. The third-order valence-electron chi connectivity index (χ3n) is 4.49. The quantitative estimate of drug-likeness (QED) is 0.152. The number of nitrogens with zero attached hydrogens (tertiary/aromatic N) is 2. The molecule has 1 N–H and O–H groups in total. The Morgan fingerprint density at radius 3 is 2.64 bits per heavy atom. The maximum Gasteiger partial charge on any atom is 0.273 e. The van der Waals surface area contributed by atoms with E-state index in [0.29, 0.717) is 29.2 Å². The first-order valence-corrected chi connectivity index (χ1v) is 11.5. The molecular formula is C23H19BrIN3O5. The molecule has 0 heterocycles. The Bertz CT molecular complexity index is 1190. The average Bonchev–Trinajstić information content (AvgIpc) is 2.79. The van der Waals surface area contributed by atoms with Crippen LogP contribution < -0.4 is 14.9 Å². The highest BCUT2D eigenvalue weighted by Gasteiger charge is 2.15. The van der Waals surface area contributed by atoms with Crippen molar-refractivity contribution in [1.82, 2.24) is 5.43 Å². The maximum absolute atomic E-state index is 12.2. The number of rotatable bonds is 9. The number of nitro groups is 1. The van der Waals surface area contributed by atoms with Gasteiger partial charge in [0.05, 0.1) is 28.2 Å². The molecule has 0 aliphatic heterocycles. The molecule has 3 aromatic rings. The van der Waals surface area contributed by atoms with E-state index in [1.165, 1.54) is 12.3 Å². The van der Waals surface area contributed by atoms with Crippen molar-refractivity contribution >= 4 is 56.3 Å². The molecule has 0 aliphatic rings. The van der Waals surface area contributed by atoms with Crippen molar-refractivity contribution in [2.45, 2.75) is 13.0 Å². The van der Waals surface area contributed by atoms with Crippen molar-refractivity contribution in [3.8, 4) is 11.5 Å². The summed E-state index contributed by atoms with van der Waals surface area (Å²) in [5, 5.41) is 15.0. The standard InChI is InChI=1S/C23H19BrIN3O5/c1-32-21-11-16(10-19(25)23(21)33-14-15-6-8-18(24)9-7-15)13-26-27-22(29)12-17-4-2-3-5-20(17)28(30)31/h2-11,13H,12,14H2,1H3,(H,27,29)/b26-13+. The summed E-state index contributed by atoms with van der Waals surface area (Å²) in [4.78, 5) is 22.7. The van der Waals surface area contributed by atoms with Gasteiger partial charge in [0.15, 0.2) is 11.5 Å². The minimum Gasteiger partial charge on any atom is -0.493 e. The summed E-state index contributed by atoms with van der Waals surface area (Å²) in [5.74, 6) is 0.682. The summed E-state index contributed by atoms with van der Waals surface area (Å²) < 4.78 is 13.2. The predicted molar refractivity (Wildman–Crippen MR) is 137 cm³/mol. The number of hydrogen-bond donors (Lipinski definition) is 1. The number of ether oxygens (including phenoxy) is 2. The van der Waals surface area contributed by atoms with Gasteiger partial charge in [-0.05, 0) is 58.0 Å². The lowest BCUT2D eigenvalue weighted by atomic mass is 10.1. The van der Waals surface area contributed by atoms with E-state index in [9.17, 15) is 14.9 Å². The van der Waals surface area contributed by atoms with Gasteiger partial charge in [-0.3, -0.25) is 14.9 Å². The van der Waals surface area contributed by atoms with Gasteiger partial charge in [0, 0.05) is 16.1 Å². The summed E-state index contributed by atoms with van der Waals surface area (Å²) in [7, 11) is 1.55. The molecule has 170 valence electrons. The normalized spacial score (nSPS) is 10.8. The maximum atomic E-state index is 12.2. The van der Waals surface area contributed by atoms with Crippen LogP contribution in [0.15, 0.2) is 70.2 Å². The number of carbonyl (C=O) groups is 1. The first-order chi connectivity index (χ1) is 15.9. The average molecular weight is 624 g/mol. The fourth-order valence-corrected chi connectivity index (χ4v) is 3.97. The molecule has 0 unspecified atom stereocenters. The lowest BCUT2D eigenvalue weighted by molar-refractivity contribution is -0.385. The number of methoxy groups -OCH3 is 1. The van der Waals surface area contributed by atoms with Gasteiger partial charge in [0.2, 0.25) is 5.91 Å². The molecule has 3 aromatic carbocycles. The van der Waals surface area contributed by atoms with Gasteiger partial charge in [0.1, 0.15) is 6.61 Å². The summed E-state index contributed by atoms with van der Waals surface area (Å²) in [6.45, 7) is 0.384. The van der Waals surface area contributed by atoms with Gasteiger partial charge in [-0.2, -0.15) is 5.10 Å². The molecule has 0 atom stereocenters.